The molecule has 0 aliphatic rings. The third-order valence-corrected chi connectivity index (χ3v) is 2.77. The van der Waals surface area contributed by atoms with Gasteiger partial charge < -0.3 is 0 Å². The standard InChI is InChI=1S/C9H9BrF4N2/c10-7-4-6(11)2-1-5(7)3-8(16-15)9(12,13)14/h1-2,4,8,16H,3,15H2. The van der Waals surface area contributed by atoms with Crippen LogP contribution in [-0.4, -0.2) is 12.2 Å². The van der Waals surface area contributed by atoms with Crippen molar-refractivity contribution >= 4 is 15.9 Å². The molecule has 1 aromatic rings. The van der Waals surface area contributed by atoms with Crippen LogP contribution in [0.3, 0.4) is 0 Å². The number of hydrazine groups is 1. The summed E-state index contributed by atoms with van der Waals surface area (Å²) >= 11 is 3.00. The smallest absolute Gasteiger partial charge is 0.271 e. The third-order valence-electron chi connectivity index (χ3n) is 2.04. The van der Waals surface area contributed by atoms with Crippen molar-refractivity contribution in [2.75, 3.05) is 0 Å². The van der Waals surface area contributed by atoms with E-state index >= 15 is 0 Å². The van der Waals surface area contributed by atoms with E-state index in [1.54, 1.807) is 5.43 Å². The van der Waals surface area contributed by atoms with Crippen molar-refractivity contribution in [2.24, 2.45) is 5.84 Å². The minimum Gasteiger partial charge on any atom is -0.271 e. The Labute approximate surface area is 97.9 Å². The average molecular weight is 301 g/mol. The number of nitrogens with one attached hydrogen (secondary N) is 1. The molecular formula is C9H9BrF4N2. The van der Waals surface area contributed by atoms with Crippen LogP contribution in [0.1, 0.15) is 5.56 Å². The fourth-order valence-electron chi connectivity index (χ4n) is 1.18. The van der Waals surface area contributed by atoms with E-state index in [2.05, 4.69) is 15.9 Å². The summed E-state index contributed by atoms with van der Waals surface area (Å²) in [6, 6.07) is 1.65. The highest BCUT2D eigenvalue weighted by Crippen LogP contribution is 2.26. The summed E-state index contributed by atoms with van der Waals surface area (Å²) in [4.78, 5) is 0. The van der Waals surface area contributed by atoms with Gasteiger partial charge in [0.2, 0.25) is 0 Å². The molecule has 3 N–H and O–H groups in total. The summed E-state index contributed by atoms with van der Waals surface area (Å²) < 4.78 is 50.2. The van der Waals surface area contributed by atoms with Gasteiger partial charge in [0.25, 0.3) is 0 Å². The van der Waals surface area contributed by atoms with Crippen LogP contribution in [-0.2, 0) is 6.42 Å². The van der Waals surface area contributed by atoms with Gasteiger partial charge in [-0.1, -0.05) is 22.0 Å². The largest absolute Gasteiger partial charge is 0.405 e. The second-order valence-electron chi connectivity index (χ2n) is 3.20. The second kappa shape index (κ2) is 5.11. The molecule has 2 nitrogen and oxygen atoms in total. The lowest BCUT2D eigenvalue weighted by Crippen LogP contribution is -2.47. The minimum atomic E-state index is -4.44. The molecule has 1 aromatic carbocycles. The molecule has 0 amide bonds. The van der Waals surface area contributed by atoms with Crippen molar-refractivity contribution in [1.82, 2.24) is 5.43 Å². The lowest BCUT2D eigenvalue weighted by molar-refractivity contribution is -0.155. The number of hydrogen-bond donors (Lipinski definition) is 2. The van der Waals surface area contributed by atoms with E-state index in [1.165, 1.54) is 6.07 Å². The monoisotopic (exact) mass is 300 g/mol. The zero-order chi connectivity index (χ0) is 12.3. The quantitative estimate of drug-likeness (QED) is 0.511. The Morgan fingerprint density at radius 3 is 2.44 bits per heavy atom. The predicted molar refractivity (Wildman–Crippen MR) is 55.0 cm³/mol. The van der Waals surface area contributed by atoms with E-state index in [4.69, 9.17) is 5.84 Å². The molecule has 0 aliphatic heterocycles. The number of rotatable bonds is 3. The maximum absolute atomic E-state index is 12.7. The molecule has 0 fully saturated rings. The Morgan fingerprint density at radius 1 is 1.38 bits per heavy atom. The lowest BCUT2D eigenvalue weighted by Gasteiger charge is -2.19. The summed E-state index contributed by atoms with van der Waals surface area (Å²) in [6.45, 7) is 0. The molecule has 0 radical (unpaired) electrons. The zero-order valence-electron chi connectivity index (χ0n) is 7.98. The normalized spacial score (nSPS) is 13.9. The molecule has 0 spiro atoms. The van der Waals surface area contributed by atoms with Crippen molar-refractivity contribution in [2.45, 2.75) is 18.6 Å². The van der Waals surface area contributed by atoms with Crippen molar-refractivity contribution in [3.05, 3.63) is 34.1 Å². The van der Waals surface area contributed by atoms with Crippen LogP contribution in [0.15, 0.2) is 22.7 Å². The van der Waals surface area contributed by atoms with Gasteiger partial charge in [-0.3, -0.25) is 5.84 Å². The second-order valence-corrected chi connectivity index (χ2v) is 4.06. The topological polar surface area (TPSA) is 38.0 Å². The van der Waals surface area contributed by atoms with Crippen LogP contribution in [0.4, 0.5) is 17.6 Å². The maximum atomic E-state index is 12.7. The fourth-order valence-corrected chi connectivity index (χ4v) is 1.69. The Hall–Kier alpha value is -0.660. The highest BCUT2D eigenvalue weighted by atomic mass is 79.9. The van der Waals surface area contributed by atoms with Crippen molar-refractivity contribution in [1.29, 1.82) is 0 Å². The van der Waals surface area contributed by atoms with Crippen molar-refractivity contribution < 1.29 is 17.6 Å². The molecule has 7 heteroatoms. The van der Waals surface area contributed by atoms with Gasteiger partial charge in [0, 0.05) is 4.47 Å². The van der Waals surface area contributed by atoms with Gasteiger partial charge in [0.1, 0.15) is 11.9 Å². The van der Waals surface area contributed by atoms with Gasteiger partial charge in [-0.25, -0.2) is 9.82 Å². The molecule has 16 heavy (non-hydrogen) atoms. The predicted octanol–water partition coefficient (Wildman–Crippen LogP) is 2.52. The van der Waals surface area contributed by atoms with Crippen molar-refractivity contribution in [3.8, 4) is 0 Å². The molecule has 1 rings (SSSR count). The van der Waals surface area contributed by atoms with E-state index in [-0.39, 0.29) is 10.9 Å². The molecule has 1 unspecified atom stereocenters. The number of nitrogens with two attached hydrogens (primary N) is 1. The molecule has 0 heterocycles. The van der Waals surface area contributed by atoms with E-state index in [0.717, 1.165) is 12.1 Å². The Kier molecular flexibility index (Phi) is 4.28. The average Bonchev–Trinajstić information content (AvgIpc) is 2.14. The Morgan fingerprint density at radius 2 is 2.00 bits per heavy atom. The van der Waals surface area contributed by atoms with E-state index in [0.29, 0.717) is 5.56 Å². The molecule has 0 saturated carbocycles. The lowest BCUT2D eigenvalue weighted by atomic mass is 10.1. The third kappa shape index (κ3) is 3.43. The highest BCUT2D eigenvalue weighted by molar-refractivity contribution is 9.10. The van der Waals surface area contributed by atoms with Gasteiger partial charge in [-0.2, -0.15) is 13.2 Å². The van der Waals surface area contributed by atoms with Gasteiger partial charge in [0.15, 0.2) is 0 Å². The molecule has 1 atom stereocenters. The summed E-state index contributed by atoms with van der Waals surface area (Å²) in [5.74, 6) is 4.31. The molecule has 0 bridgehead atoms. The highest BCUT2D eigenvalue weighted by Gasteiger charge is 2.39. The first-order valence-electron chi connectivity index (χ1n) is 4.31. The fraction of sp³-hybridized carbons (Fsp3) is 0.333. The van der Waals surface area contributed by atoms with Crippen LogP contribution in [0.5, 0.6) is 0 Å². The molecular weight excluding hydrogens is 292 g/mol. The summed E-state index contributed by atoms with van der Waals surface area (Å²) in [6.07, 6.45) is -4.80. The summed E-state index contributed by atoms with van der Waals surface area (Å²) in [5, 5.41) is 0. The van der Waals surface area contributed by atoms with Gasteiger partial charge >= 0.3 is 6.18 Å². The summed E-state index contributed by atoms with van der Waals surface area (Å²) in [5.41, 5.74) is 2.03. The van der Waals surface area contributed by atoms with Crippen LogP contribution in [0.25, 0.3) is 0 Å². The van der Waals surface area contributed by atoms with E-state index < -0.39 is 18.0 Å². The minimum absolute atomic E-state index is 0.289. The van der Waals surface area contributed by atoms with Gasteiger partial charge in [0.05, 0.1) is 0 Å². The first-order valence-corrected chi connectivity index (χ1v) is 5.10. The first kappa shape index (κ1) is 13.4. The van der Waals surface area contributed by atoms with E-state index in [1.807, 2.05) is 0 Å². The van der Waals surface area contributed by atoms with Gasteiger partial charge in [-0.15, -0.1) is 0 Å². The van der Waals surface area contributed by atoms with Gasteiger partial charge in [-0.05, 0) is 24.1 Å². The molecule has 0 saturated heterocycles. The summed E-state index contributed by atoms with van der Waals surface area (Å²) in [7, 11) is 0. The van der Waals surface area contributed by atoms with Crippen LogP contribution in [0, 0.1) is 5.82 Å². The molecule has 90 valence electrons. The van der Waals surface area contributed by atoms with Crippen LogP contribution >= 0.6 is 15.9 Å². The Bertz CT molecular complexity index is 367. The SMILES string of the molecule is NNC(Cc1ccc(F)cc1Br)C(F)(F)F. The first-order chi connectivity index (χ1) is 7.34. The molecule has 0 aromatic heterocycles. The molecule has 0 aliphatic carbocycles. The van der Waals surface area contributed by atoms with E-state index in [9.17, 15) is 17.6 Å². The number of halogens is 5. The van der Waals surface area contributed by atoms with Crippen LogP contribution < -0.4 is 11.3 Å². The number of hydrogen-bond acceptors (Lipinski definition) is 2. The van der Waals surface area contributed by atoms with Crippen molar-refractivity contribution in [3.63, 3.8) is 0 Å². The maximum Gasteiger partial charge on any atom is 0.405 e. The van der Waals surface area contributed by atoms with Crippen LogP contribution in [0.2, 0.25) is 0 Å². The number of benzene rings is 1. The Balaban J connectivity index is 2.86. The zero-order valence-corrected chi connectivity index (χ0v) is 9.57. The number of alkyl halides is 3.